The molecule has 2 rings (SSSR count). The van der Waals surface area contributed by atoms with Crippen molar-refractivity contribution < 1.29 is 14.1 Å². The summed E-state index contributed by atoms with van der Waals surface area (Å²) in [6.07, 6.45) is 1.14. The minimum Gasteiger partial charge on any atom is -0.267 e. The van der Waals surface area contributed by atoms with Gasteiger partial charge in [-0.1, -0.05) is 24.3 Å². The van der Waals surface area contributed by atoms with Crippen LogP contribution in [0.5, 0.6) is 0 Å². The number of hydrogen-bond acceptors (Lipinski definition) is 4. The normalized spacial score (nSPS) is 10.5. The number of hydrogen-bond donors (Lipinski definition) is 1. The van der Waals surface area contributed by atoms with Crippen LogP contribution in [0.2, 0.25) is 0 Å². The number of hydrazone groups is 1. The van der Waals surface area contributed by atoms with E-state index in [0.29, 0.717) is 0 Å². The van der Waals surface area contributed by atoms with Crippen LogP contribution in [0.15, 0.2) is 53.6 Å². The van der Waals surface area contributed by atoms with Gasteiger partial charge in [0.1, 0.15) is 5.82 Å². The number of carbonyl (C=O) groups excluding carboxylic acids is 1. The van der Waals surface area contributed by atoms with Crippen LogP contribution in [0.25, 0.3) is 0 Å². The second-order valence-corrected chi connectivity index (χ2v) is 3.99. The zero-order chi connectivity index (χ0) is 15.2. The maximum absolute atomic E-state index is 13.4. The highest BCUT2D eigenvalue weighted by Crippen LogP contribution is 2.15. The lowest BCUT2D eigenvalue weighted by Gasteiger charge is -2.01. The maximum atomic E-state index is 13.4. The molecule has 0 aromatic heterocycles. The number of para-hydroxylation sites is 1. The van der Waals surface area contributed by atoms with E-state index in [4.69, 9.17) is 0 Å². The van der Waals surface area contributed by atoms with Crippen LogP contribution in [0.1, 0.15) is 15.9 Å². The molecule has 0 aliphatic heterocycles. The SMILES string of the molecule is O=C(N/N=C/c1ccccc1[N+](=O)[O-])c1ccccc1F. The number of benzene rings is 2. The van der Waals surface area contributed by atoms with E-state index < -0.39 is 16.6 Å². The van der Waals surface area contributed by atoms with Crippen LogP contribution < -0.4 is 5.43 Å². The van der Waals surface area contributed by atoms with Crippen molar-refractivity contribution in [1.82, 2.24) is 5.43 Å². The summed E-state index contributed by atoms with van der Waals surface area (Å²) < 4.78 is 13.4. The smallest absolute Gasteiger partial charge is 0.267 e. The van der Waals surface area contributed by atoms with E-state index in [1.54, 1.807) is 6.07 Å². The largest absolute Gasteiger partial charge is 0.278 e. The van der Waals surface area contributed by atoms with Crippen molar-refractivity contribution in [2.45, 2.75) is 0 Å². The average Bonchev–Trinajstić information content (AvgIpc) is 2.48. The number of amides is 1. The molecule has 106 valence electrons. The van der Waals surface area contributed by atoms with Gasteiger partial charge in [0.2, 0.25) is 0 Å². The van der Waals surface area contributed by atoms with E-state index in [2.05, 4.69) is 10.5 Å². The average molecular weight is 287 g/mol. The van der Waals surface area contributed by atoms with E-state index in [-0.39, 0.29) is 16.8 Å². The van der Waals surface area contributed by atoms with E-state index in [9.17, 15) is 19.3 Å². The molecule has 1 N–H and O–H groups in total. The Kier molecular flexibility index (Phi) is 4.35. The first kappa shape index (κ1) is 14.3. The molecule has 0 saturated heterocycles. The van der Waals surface area contributed by atoms with Crippen LogP contribution in [0.3, 0.4) is 0 Å². The summed E-state index contributed by atoms with van der Waals surface area (Å²) in [6, 6.07) is 11.4. The Morgan fingerprint density at radius 1 is 1.19 bits per heavy atom. The molecule has 0 aliphatic carbocycles. The van der Waals surface area contributed by atoms with E-state index in [1.807, 2.05) is 0 Å². The molecule has 0 aliphatic rings. The lowest BCUT2D eigenvalue weighted by Crippen LogP contribution is -2.19. The quantitative estimate of drug-likeness (QED) is 0.532. The van der Waals surface area contributed by atoms with Gasteiger partial charge in [-0.2, -0.15) is 5.10 Å². The Labute approximate surface area is 119 Å². The van der Waals surface area contributed by atoms with Gasteiger partial charge in [-0.25, -0.2) is 9.82 Å². The number of nitro benzene ring substituents is 1. The molecule has 0 saturated carbocycles. The van der Waals surface area contributed by atoms with Crippen molar-refractivity contribution in [2.24, 2.45) is 5.10 Å². The third-order valence-corrected chi connectivity index (χ3v) is 2.62. The van der Waals surface area contributed by atoms with Gasteiger partial charge in [-0.3, -0.25) is 14.9 Å². The van der Waals surface area contributed by atoms with Gasteiger partial charge in [0.25, 0.3) is 11.6 Å². The lowest BCUT2D eigenvalue weighted by atomic mass is 10.2. The molecule has 0 radical (unpaired) electrons. The summed E-state index contributed by atoms with van der Waals surface area (Å²) >= 11 is 0. The first-order valence-electron chi connectivity index (χ1n) is 5.91. The molecule has 0 unspecified atom stereocenters. The van der Waals surface area contributed by atoms with Crippen molar-refractivity contribution in [3.8, 4) is 0 Å². The van der Waals surface area contributed by atoms with Gasteiger partial charge in [-0.15, -0.1) is 0 Å². The highest BCUT2D eigenvalue weighted by molar-refractivity contribution is 5.95. The maximum Gasteiger partial charge on any atom is 0.278 e. The molecule has 0 atom stereocenters. The summed E-state index contributed by atoms with van der Waals surface area (Å²) in [5.41, 5.74) is 2.06. The second kappa shape index (κ2) is 6.38. The van der Waals surface area contributed by atoms with Gasteiger partial charge < -0.3 is 0 Å². The molecule has 0 fully saturated rings. The first-order valence-corrected chi connectivity index (χ1v) is 5.91. The fraction of sp³-hybridized carbons (Fsp3) is 0. The summed E-state index contributed by atoms with van der Waals surface area (Å²) in [4.78, 5) is 21.9. The zero-order valence-electron chi connectivity index (χ0n) is 10.7. The van der Waals surface area contributed by atoms with Gasteiger partial charge in [0.15, 0.2) is 0 Å². The van der Waals surface area contributed by atoms with E-state index >= 15 is 0 Å². The summed E-state index contributed by atoms with van der Waals surface area (Å²) in [5.74, 6) is -1.40. The Bertz CT molecular complexity index is 716. The fourth-order valence-corrected chi connectivity index (χ4v) is 1.63. The van der Waals surface area contributed by atoms with E-state index in [1.165, 1.54) is 36.4 Å². The van der Waals surface area contributed by atoms with Gasteiger partial charge >= 0.3 is 0 Å². The molecule has 21 heavy (non-hydrogen) atoms. The van der Waals surface area contributed by atoms with Crippen LogP contribution >= 0.6 is 0 Å². The number of rotatable bonds is 4. The predicted molar refractivity (Wildman–Crippen MR) is 74.6 cm³/mol. The van der Waals surface area contributed by atoms with Gasteiger partial charge in [-0.05, 0) is 18.2 Å². The van der Waals surface area contributed by atoms with Crippen LogP contribution in [0.4, 0.5) is 10.1 Å². The Hall–Kier alpha value is -3.09. The van der Waals surface area contributed by atoms with E-state index in [0.717, 1.165) is 12.3 Å². The Balaban J connectivity index is 2.12. The molecule has 6 nitrogen and oxygen atoms in total. The molecule has 0 bridgehead atoms. The van der Waals surface area contributed by atoms with Crippen LogP contribution in [0, 0.1) is 15.9 Å². The zero-order valence-corrected chi connectivity index (χ0v) is 10.7. The lowest BCUT2D eigenvalue weighted by molar-refractivity contribution is -0.385. The molecule has 0 spiro atoms. The second-order valence-electron chi connectivity index (χ2n) is 3.99. The van der Waals surface area contributed by atoms with Crippen LogP contribution in [-0.2, 0) is 0 Å². The van der Waals surface area contributed by atoms with Crippen molar-refractivity contribution in [2.75, 3.05) is 0 Å². The molecule has 2 aromatic carbocycles. The highest BCUT2D eigenvalue weighted by atomic mass is 19.1. The summed E-state index contributed by atoms with van der Waals surface area (Å²) in [7, 11) is 0. The first-order chi connectivity index (χ1) is 10.1. The van der Waals surface area contributed by atoms with Gasteiger partial charge in [0, 0.05) is 6.07 Å². The third kappa shape index (κ3) is 3.47. The molecule has 7 heteroatoms. The standard InChI is InChI=1S/C14H10FN3O3/c15-12-7-3-2-6-11(12)14(19)17-16-9-10-5-1-4-8-13(10)18(20)21/h1-9H,(H,17,19)/b16-9+. The summed E-state index contributed by atoms with van der Waals surface area (Å²) in [6.45, 7) is 0. The van der Waals surface area contributed by atoms with Crippen molar-refractivity contribution in [3.63, 3.8) is 0 Å². The van der Waals surface area contributed by atoms with Crippen LogP contribution in [-0.4, -0.2) is 17.0 Å². The number of halogens is 1. The number of nitro groups is 1. The minimum atomic E-state index is -0.733. The molecule has 2 aromatic rings. The van der Waals surface area contributed by atoms with Crippen molar-refractivity contribution in [1.29, 1.82) is 0 Å². The van der Waals surface area contributed by atoms with Crippen molar-refractivity contribution >= 4 is 17.8 Å². The van der Waals surface area contributed by atoms with Crippen molar-refractivity contribution in [3.05, 3.63) is 75.6 Å². The van der Waals surface area contributed by atoms with Gasteiger partial charge in [0.05, 0.1) is 22.3 Å². The molecular formula is C14H10FN3O3. The molecule has 1 amide bonds. The third-order valence-electron chi connectivity index (χ3n) is 2.62. The topological polar surface area (TPSA) is 84.6 Å². The Morgan fingerprint density at radius 3 is 2.57 bits per heavy atom. The number of nitrogens with one attached hydrogen (secondary N) is 1. The highest BCUT2D eigenvalue weighted by Gasteiger charge is 2.11. The summed E-state index contributed by atoms with van der Waals surface area (Å²) in [5, 5.41) is 14.4. The monoisotopic (exact) mass is 287 g/mol. The predicted octanol–water partition coefficient (Wildman–Crippen LogP) is 2.50. The Morgan fingerprint density at radius 2 is 1.86 bits per heavy atom. The molecule has 0 heterocycles. The number of nitrogens with zero attached hydrogens (tertiary/aromatic N) is 2. The minimum absolute atomic E-state index is 0.138. The number of carbonyl (C=O) groups is 1. The molecular weight excluding hydrogens is 277 g/mol. The fourth-order valence-electron chi connectivity index (χ4n) is 1.63.